The van der Waals surface area contributed by atoms with Gasteiger partial charge in [0.15, 0.2) is 0 Å². The highest BCUT2D eigenvalue weighted by molar-refractivity contribution is 5.81. The molecule has 21 heavy (non-hydrogen) atoms. The second kappa shape index (κ2) is 5.44. The summed E-state index contributed by atoms with van der Waals surface area (Å²) in [7, 11) is 0. The van der Waals surface area contributed by atoms with Crippen LogP contribution in [0.3, 0.4) is 0 Å². The van der Waals surface area contributed by atoms with Crippen molar-refractivity contribution in [3.63, 3.8) is 0 Å². The SMILES string of the molecule is CCc1cc(/C=C/c2cc3ccccc3o2)c(=O)[nH]c1C. The van der Waals surface area contributed by atoms with E-state index >= 15 is 0 Å². The van der Waals surface area contributed by atoms with Gasteiger partial charge in [0.2, 0.25) is 0 Å². The molecule has 0 aliphatic carbocycles. The van der Waals surface area contributed by atoms with E-state index in [0.29, 0.717) is 5.56 Å². The van der Waals surface area contributed by atoms with Gasteiger partial charge < -0.3 is 9.40 Å². The minimum atomic E-state index is -0.0722. The number of furan rings is 1. The van der Waals surface area contributed by atoms with E-state index in [2.05, 4.69) is 11.9 Å². The lowest BCUT2D eigenvalue weighted by Crippen LogP contribution is -2.12. The summed E-state index contributed by atoms with van der Waals surface area (Å²) in [6.07, 6.45) is 4.53. The number of fused-ring (bicyclic) bond motifs is 1. The van der Waals surface area contributed by atoms with Crippen LogP contribution in [0.4, 0.5) is 0 Å². The summed E-state index contributed by atoms with van der Waals surface area (Å²) < 4.78 is 5.71. The second-order valence-corrected chi connectivity index (χ2v) is 5.08. The van der Waals surface area contributed by atoms with Crippen LogP contribution >= 0.6 is 0 Å². The van der Waals surface area contributed by atoms with E-state index in [1.165, 1.54) is 0 Å². The van der Waals surface area contributed by atoms with Crippen molar-refractivity contribution >= 4 is 23.1 Å². The van der Waals surface area contributed by atoms with E-state index in [0.717, 1.165) is 34.4 Å². The fourth-order valence-corrected chi connectivity index (χ4v) is 2.43. The highest BCUT2D eigenvalue weighted by Crippen LogP contribution is 2.20. The van der Waals surface area contributed by atoms with E-state index < -0.39 is 0 Å². The Morgan fingerprint density at radius 3 is 2.76 bits per heavy atom. The first-order valence-corrected chi connectivity index (χ1v) is 7.07. The molecule has 0 unspecified atom stereocenters. The number of hydrogen-bond acceptors (Lipinski definition) is 2. The Bertz CT molecular complexity index is 835. The molecule has 0 spiro atoms. The zero-order valence-corrected chi connectivity index (χ0v) is 12.1. The minimum Gasteiger partial charge on any atom is -0.457 e. The van der Waals surface area contributed by atoms with E-state index in [4.69, 9.17) is 4.42 Å². The molecule has 0 saturated heterocycles. The molecule has 3 aromatic rings. The van der Waals surface area contributed by atoms with Gasteiger partial charge >= 0.3 is 0 Å². The summed E-state index contributed by atoms with van der Waals surface area (Å²) in [4.78, 5) is 14.8. The number of aromatic amines is 1. The van der Waals surface area contributed by atoms with Crippen LogP contribution in [0.25, 0.3) is 23.1 Å². The van der Waals surface area contributed by atoms with Crippen molar-refractivity contribution in [3.05, 3.63) is 69.3 Å². The van der Waals surface area contributed by atoms with Crippen LogP contribution < -0.4 is 5.56 Å². The second-order valence-electron chi connectivity index (χ2n) is 5.08. The topological polar surface area (TPSA) is 46.0 Å². The zero-order valence-electron chi connectivity index (χ0n) is 12.1. The monoisotopic (exact) mass is 279 g/mol. The summed E-state index contributed by atoms with van der Waals surface area (Å²) in [6, 6.07) is 11.8. The normalized spacial score (nSPS) is 11.5. The molecule has 2 aromatic heterocycles. The fourth-order valence-electron chi connectivity index (χ4n) is 2.43. The highest BCUT2D eigenvalue weighted by atomic mass is 16.3. The summed E-state index contributed by atoms with van der Waals surface area (Å²) in [5.74, 6) is 0.745. The molecule has 106 valence electrons. The Balaban J connectivity index is 1.97. The summed E-state index contributed by atoms with van der Waals surface area (Å²) >= 11 is 0. The molecule has 3 nitrogen and oxygen atoms in total. The average Bonchev–Trinajstić information content (AvgIpc) is 2.89. The molecule has 0 atom stereocenters. The summed E-state index contributed by atoms with van der Waals surface area (Å²) in [5.41, 5.74) is 3.52. The van der Waals surface area contributed by atoms with Gasteiger partial charge in [-0.05, 0) is 49.3 Å². The third kappa shape index (κ3) is 2.68. The van der Waals surface area contributed by atoms with Crippen LogP contribution in [0.2, 0.25) is 0 Å². The maximum Gasteiger partial charge on any atom is 0.255 e. The third-order valence-electron chi connectivity index (χ3n) is 3.63. The Morgan fingerprint density at radius 1 is 1.19 bits per heavy atom. The predicted octanol–water partition coefficient (Wildman–Crippen LogP) is 4.16. The lowest BCUT2D eigenvalue weighted by atomic mass is 10.1. The van der Waals surface area contributed by atoms with Crippen molar-refractivity contribution in [2.24, 2.45) is 0 Å². The highest BCUT2D eigenvalue weighted by Gasteiger charge is 2.03. The van der Waals surface area contributed by atoms with Crippen molar-refractivity contribution in [2.75, 3.05) is 0 Å². The van der Waals surface area contributed by atoms with Gasteiger partial charge in [-0.25, -0.2) is 0 Å². The summed E-state index contributed by atoms with van der Waals surface area (Å²) in [6.45, 7) is 4.00. The largest absolute Gasteiger partial charge is 0.457 e. The number of nitrogens with one attached hydrogen (secondary N) is 1. The Labute approximate surface area is 122 Å². The maximum absolute atomic E-state index is 12.0. The van der Waals surface area contributed by atoms with Gasteiger partial charge in [0, 0.05) is 16.6 Å². The predicted molar refractivity (Wildman–Crippen MR) is 86.3 cm³/mol. The number of para-hydroxylation sites is 1. The molecule has 3 rings (SSSR count). The number of aryl methyl sites for hydroxylation is 2. The minimum absolute atomic E-state index is 0.0722. The molecule has 0 amide bonds. The van der Waals surface area contributed by atoms with Gasteiger partial charge in [-0.15, -0.1) is 0 Å². The Morgan fingerprint density at radius 2 is 2.00 bits per heavy atom. The molecule has 0 aliphatic heterocycles. The van der Waals surface area contributed by atoms with E-state index in [-0.39, 0.29) is 5.56 Å². The molecule has 2 heterocycles. The number of benzene rings is 1. The molecule has 0 bridgehead atoms. The smallest absolute Gasteiger partial charge is 0.255 e. The quantitative estimate of drug-likeness (QED) is 0.782. The van der Waals surface area contributed by atoms with Gasteiger partial charge in [-0.1, -0.05) is 25.1 Å². The number of H-pyrrole nitrogens is 1. The Hall–Kier alpha value is -2.55. The summed E-state index contributed by atoms with van der Waals surface area (Å²) in [5, 5.41) is 1.06. The van der Waals surface area contributed by atoms with Gasteiger partial charge in [-0.3, -0.25) is 4.79 Å². The van der Waals surface area contributed by atoms with Crippen LogP contribution in [-0.4, -0.2) is 4.98 Å². The van der Waals surface area contributed by atoms with Gasteiger partial charge in [0.05, 0.1) is 0 Å². The van der Waals surface area contributed by atoms with Crippen molar-refractivity contribution in [1.82, 2.24) is 4.98 Å². The van der Waals surface area contributed by atoms with Crippen LogP contribution in [0.5, 0.6) is 0 Å². The van der Waals surface area contributed by atoms with E-state index in [1.807, 2.05) is 49.4 Å². The standard InChI is InChI=1S/C18H17NO2/c1-3-13-10-15(18(20)19-12(13)2)8-9-16-11-14-6-4-5-7-17(14)21-16/h4-11H,3H2,1-2H3,(H,19,20)/b9-8+. The molecule has 0 saturated carbocycles. The fraction of sp³-hybridized carbons (Fsp3) is 0.167. The van der Waals surface area contributed by atoms with Gasteiger partial charge in [0.1, 0.15) is 11.3 Å². The first kappa shape index (κ1) is 13.4. The lowest BCUT2D eigenvalue weighted by Gasteiger charge is -2.03. The van der Waals surface area contributed by atoms with Gasteiger partial charge in [-0.2, -0.15) is 0 Å². The van der Waals surface area contributed by atoms with Crippen molar-refractivity contribution < 1.29 is 4.42 Å². The molecule has 0 radical (unpaired) electrons. The molecular weight excluding hydrogens is 262 g/mol. The molecule has 0 aliphatic rings. The average molecular weight is 279 g/mol. The zero-order chi connectivity index (χ0) is 14.8. The van der Waals surface area contributed by atoms with Crippen LogP contribution in [0.1, 0.15) is 29.5 Å². The van der Waals surface area contributed by atoms with Crippen LogP contribution in [-0.2, 0) is 6.42 Å². The molecule has 0 fully saturated rings. The van der Waals surface area contributed by atoms with Crippen LogP contribution in [0.15, 0.2) is 45.6 Å². The number of rotatable bonds is 3. The maximum atomic E-state index is 12.0. The van der Waals surface area contributed by atoms with Crippen LogP contribution in [0, 0.1) is 6.92 Å². The molecular formula is C18H17NO2. The first-order valence-electron chi connectivity index (χ1n) is 7.07. The lowest BCUT2D eigenvalue weighted by molar-refractivity contribution is 0.604. The molecule has 1 aromatic carbocycles. The van der Waals surface area contributed by atoms with Crippen molar-refractivity contribution in [3.8, 4) is 0 Å². The molecule has 3 heteroatoms. The number of hydrogen-bond donors (Lipinski definition) is 1. The number of pyridine rings is 1. The Kier molecular flexibility index (Phi) is 3.48. The number of aromatic nitrogens is 1. The first-order chi connectivity index (χ1) is 10.2. The van der Waals surface area contributed by atoms with E-state index in [9.17, 15) is 4.79 Å². The molecule has 1 N–H and O–H groups in total. The van der Waals surface area contributed by atoms with Crippen molar-refractivity contribution in [2.45, 2.75) is 20.3 Å². The third-order valence-corrected chi connectivity index (χ3v) is 3.63. The van der Waals surface area contributed by atoms with Crippen molar-refractivity contribution in [1.29, 1.82) is 0 Å². The van der Waals surface area contributed by atoms with Gasteiger partial charge in [0.25, 0.3) is 5.56 Å². The van der Waals surface area contributed by atoms with E-state index in [1.54, 1.807) is 6.08 Å².